The van der Waals surface area contributed by atoms with Crippen molar-refractivity contribution in [2.75, 3.05) is 10.2 Å². The molecule has 2 atom stereocenters. The molecule has 2 heterocycles. The first-order valence-electron chi connectivity index (χ1n) is 7.22. The van der Waals surface area contributed by atoms with Crippen LogP contribution in [0, 0.1) is 0 Å². The average molecular weight is 345 g/mol. The Balaban J connectivity index is 1.94. The second-order valence-corrected chi connectivity index (χ2v) is 7.52. The van der Waals surface area contributed by atoms with Gasteiger partial charge in [0.2, 0.25) is 10.8 Å². The second-order valence-electron chi connectivity index (χ2n) is 5.55. The van der Waals surface area contributed by atoms with E-state index in [0.717, 1.165) is 11.3 Å². The van der Waals surface area contributed by atoms with E-state index >= 15 is 0 Å². The van der Waals surface area contributed by atoms with Crippen LogP contribution in [0.3, 0.4) is 0 Å². The van der Waals surface area contributed by atoms with Crippen LogP contribution >= 0.6 is 23.4 Å². The molecule has 2 aromatic rings. The molecule has 6 heteroatoms. The largest absolute Gasteiger partial charge is 0.323 e. The molecule has 1 fully saturated rings. The highest BCUT2D eigenvalue weighted by atomic mass is 35.5. The second kappa shape index (κ2) is 5.01. The smallest absolute Gasteiger partial charge is 0.266 e. The predicted molar refractivity (Wildman–Crippen MR) is 92.7 cm³/mol. The van der Waals surface area contributed by atoms with E-state index in [9.17, 15) is 9.59 Å². The summed E-state index contributed by atoms with van der Waals surface area (Å²) in [5.74, 6) is -0.263. The summed E-state index contributed by atoms with van der Waals surface area (Å²) in [4.78, 5) is 26.2. The maximum atomic E-state index is 12.8. The van der Waals surface area contributed by atoms with Gasteiger partial charge in [-0.1, -0.05) is 29.8 Å². The summed E-state index contributed by atoms with van der Waals surface area (Å²) in [6, 6.07) is 14.5. The van der Waals surface area contributed by atoms with Crippen LogP contribution in [0.15, 0.2) is 48.5 Å². The zero-order valence-electron chi connectivity index (χ0n) is 12.2. The minimum atomic E-state index is -1.05. The monoisotopic (exact) mass is 344 g/mol. The zero-order chi connectivity index (χ0) is 16.2. The van der Waals surface area contributed by atoms with Crippen molar-refractivity contribution in [3.8, 4) is 0 Å². The van der Waals surface area contributed by atoms with E-state index in [1.54, 1.807) is 29.2 Å². The van der Waals surface area contributed by atoms with Gasteiger partial charge in [0.15, 0.2) is 0 Å². The zero-order valence-corrected chi connectivity index (χ0v) is 13.8. The third-order valence-corrected chi connectivity index (χ3v) is 5.90. The van der Waals surface area contributed by atoms with Gasteiger partial charge in [-0.15, -0.1) is 11.8 Å². The Labute approximate surface area is 142 Å². The lowest BCUT2D eigenvalue weighted by Crippen LogP contribution is -2.47. The number of rotatable bonds is 1. The number of hydrogen-bond donors (Lipinski definition) is 1. The van der Waals surface area contributed by atoms with Gasteiger partial charge in [0, 0.05) is 22.0 Å². The summed E-state index contributed by atoms with van der Waals surface area (Å²) < 4.78 is 0. The molecule has 0 unspecified atom stereocenters. The molecule has 0 radical (unpaired) electrons. The van der Waals surface area contributed by atoms with Gasteiger partial charge < -0.3 is 5.32 Å². The van der Waals surface area contributed by atoms with Crippen molar-refractivity contribution in [1.82, 2.24) is 0 Å². The van der Waals surface area contributed by atoms with Crippen LogP contribution in [0.4, 0.5) is 11.4 Å². The van der Waals surface area contributed by atoms with Crippen LogP contribution in [-0.2, 0) is 14.5 Å². The highest BCUT2D eigenvalue weighted by molar-refractivity contribution is 8.03. The number of nitrogens with one attached hydrogen (secondary N) is 1. The molecule has 116 valence electrons. The lowest BCUT2D eigenvalue weighted by Gasteiger charge is -2.32. The van der Waals surface area contributed by atoms with Gasteiger partial charge >= 0.3 is 0 Å². The van der Waals surface area contributed by atoms with Crippen molar-refractivity contribution >= 4 is 46.6 Å². The number of thioether (sulfide) groups is 1. The molecular weight excluding hydrogens is 332 g/mol. The molecule has 0 bridgehead atoms. The molecule has 2 aliphatic heterocycles. The van der Waals surface area contributed by atoms with Gasteiger partial charge in [-0.3, -0.25) is 14.5 Å². The topological polar surface area (TPSA) is 49.4 Å². The first-order chi connectivity index (χ1) is 11.0. The van der Waals surface area contributed by atoms with Crippen LogP contribution in [0.1, 0.15) is 12.5 Å². The maximum absolute atomic E-state index is 12.8. The predicted octanol–water partition coefficient (Wildman–Crippen LogP) is 3.61. The number of carbonyl (C=O) groups is 2. The summed E-state index contributed by atoms with van der Waals surface area (Å²) in [5, 5.41) is 3.19. The molecule has 1 saturated heterocycles. The molecular formula is C17H13ClN2O2S. The van der Waals surface area contributed by atoms with E-state index < -0.39 is 4.87 Å². The van der Waals surface area contributed by atoms with Gasteiger partial charge in [0.25, 0.3) is 5.91 Å². The van der Waals surface area contributed by atoms with E-state index in [2.05, 4.69) is 5.32 Å². The molecule has 1 N–H and O–H groups in total. The quantitative estimate of drug-likeness (QED) is 0.859. The summed E-state index contributed by atoms with van der Waals surface area (Å²) in [5.41, 5.74) is 2.25. The van der Waals surface area contributed by atoms with E-state index in [0.29, 0.717) is 10.7 Å². The highest BCUT2D eigenvalue weighted by Gasteiger charge is 2.60. The lowest BCUT2D eigenvalue weighted by molar-refractivity contribution is -0.122. The van der Waals surface area contributed by atoms with Crippen LogP contribution in [-0.4, -0.2) is 17.1 Å². The normalized spacial score (nSPS) is 25.8. The van der Waals surface area contributed by atoms with Crippen LogP contribution in [0.2, 0.25) is 5.02 Å². The molecule has 2 aliphatic rings. The van der Waals surface area contributed by atoms with Crippen molar-refractivity contribution in [3.63, 3.8) is 0 Å². The van der Waals surface area contributed by atoms with Crippen LogP contribution in [0.25, 0.3) is 0 Å². The first kappa shape index (κ1) is 14.6. The standard InChI is InChI=1S/C17H13ClN2O2S/c1-10-15(21)20(12-8-6-11(18)7-9-12)17(23-10)13-4-2-3-5-14(13)19-16(17)22/h2-10H,1H3,(H,19,22)/t10-,17+/m0/s1. The number of hydrogen-bond acceptors (Lipinski definition) is 3. The first-order valence-corrected chi connectivity index (χ1v) is 8.48. The maximum Gasteiger partial charge on any atom is 0.266 e. The third-order valence-electron chi connectivity index (χ3n) is 4.16. The number of anilines is 2. The van der Waals surface area contributed by atoms with E-state index in [-0.39, 0.29) is 17.1 Å². The Morgan fingerprint density at radius 2 is 1.83 bits per heavy atom. The molecule has 2 aromatic carbocycles. The molecule has 4 nitrogen and oxygen atoms in total. The average Bonchev–Trinajstić information content (AvgIpc) is 2.97. The van der Waals surface area contributed by atoms with Crippen molar-refractivity contribution in [3.05, 3.63) is 59.1 Å². The highest BCUT2D eigenvalue weighted by Crippen LogP contribution is 2.55. The molecule has 4 rings (SSSR count). The summed E-state index contributed by atoms with van der Waals surface area (Å²) in [6.07, 6.45) is 0. The number of fused-ring (bicyclic) bond motifs is 2. The number of benzene rings is 2. The fourth-order valence-corrected chi connectivity index (χ4v) is 4.76. The van der Waals surface area contributed by atoms with E-state index in [1.165, 1.54) is 11.8 Å². The number of amides is 2. The summed E-state index contributed by atoms with van der Waals surface area (Å²) >= 11 is 7.33. The molecule has 0 saturated carbocycles. The van der Waals surface area contributed by atoms with Gasteiger partial charge in [0.05, 0.1) is 5.25 Å². The van der Waals surface area contributed by atoms with Crippen LogP contribution in [0.5, 0.6) is 0 Å². The van der Waals surface area contributed by atoms with Crippen molar-refractivity contribution in [2.45, 2.75) is 17.0 Å². The Morgan fingerprint density at radius 1 is 1.13 bits per heavy atom. The fraction of sp³-hybridized carbons (Fsp3) is 0.176. The Hall–Kier alpha value is -1.98. The number of halogens is 1. The number of nitrogens with zero attached hydrogens (tertiary/aromatic N) is 1. The summed E-state index contributed by atoms with van der Waals surface area (Å²) in [6.45, 7) is 1.83. The van der Waals surface area contributed by atoms with Gasteiger partial charge in [0.1, 0.15) is 0 Å². The fourth-order valence-electron chi connectivity index (χ4n) is 3.15. The number of carbonyl (C=O) groups excluding carboxylic acids is 2. The van der Waals surface area contributed by atoms with E-state index in [1.807, 2.05) is 31.2 Å². The van der Waals surface area contributed by atoms with Crippen molar-refractivity contribution in [1.29, 1.82) is 0 Å². The Kier molecular flexibility index (Phi) is 3.18. The molecule has 0 aromatic heterocycles. The lowest BCUT2D eigenvalue weighted by atomic mass is 10.0. The van der Waals surface area contributed by atoms with Gasteiger partial charge in [-0.05, 0) is 37.3 Å². The molecule has 2 amide bonds. The Morgan fingerprint density at radius 3 is 2.57 bits per heavy atom. The minimum Gasteiger partial charge on any atom is -0.323 e. The van der Waals surface area contributed by atoms with Crippen molar-refractivity contribution < 1.29 is 9.59 Å². The summed E-state index contributed by atoms with van der Waals surface area (Å²) in [7, 11) is 0. The molecule has 1 spiro atoms. The third kappa shape index (κ3) is 1.93. The molecule has 0 aliphatic carbocycles. The van der Waals surface area contributed by atoms with E-state index in [4.69, 9.17) is 11.6 Å². The Bertz CT molecular complexity index is 824. The van der Waals surface area contributed by atoms with Crippen molar-refractivity contribution in [2.24, 2.45) is 0 Å². The molecule has 23 heavy (non-hydrogen) atoms. The SMILES string of the molecule is C[C@@H]1S[C@]2(C(=O)Nc3ccccc32)N(c2ccc(Cl)cc2)C1=O. The van der Waals surface area contributed by atoms with Crippen LogP contribution < -0.4 is 10.2 Å². The van der Waals surface area contributed by atoms with Gasteiger partial charge in [-0.25, -0.2) is 0 Å². The minimum absolute atomic E-state index is 0.0795. The number of para-hydroxylation sites is 1. The van der Waals surface area contributed by atoms with Gasteiger partial charge in [-0.2, -0.15) is 0 Å².